The summed E-state index contributed by atoms with van der Waals surface area (Å²) in [4.78, 5) is 10.8. The van der Waals surface area contributed by atoms with Crippen LogP contribution in [0.2, 0.25) is 5.02 Å². The lowest BCUT2D eigenvalue weighted by Crippen LogP contribution is -2.11. The fourth-order valence-electron chi connectivity index (χ4n) is 1.33. The molecule has 1 heterocycles. The molecule has 106 valence electrons. The summed E-state index contributed by atoms with van der Waals surface area (Å²) in [6, 6.07) is 5.71. The number of rotatable bonds is 4. The van der Waals surface area contributed by atoms with Crippen molar-refractivity contribution in [2.75, 3.05) is 4.72 Å². The molecule has 20 heavy (non-hydrogen) atoms. The van der Waals surface area contributed by atoms with Crippen molar-refractivity contribution in [1.29, 1.82) is 0 Å². The third-order valence-corrected chi connectivity index (χ3v) is 6.31. The first-order chi connectivity index (χ1) is 9.29. The maximum Gasteiger partial charge on any atom is 0.336 e. The van der Waals surface area contributed by atoms with E-state index in [1.165, 1.54) is 11.4 Å². The van der Waals surface area contributed by atoms with Gasteiger partial charge in [0.25, 0.3) is 10.0 Å². The van der Waals surface area contributed by atoms with Gasteiger partial charge in [-0.2, -0.15) is 0 Å². The normalized spacial score (nSPS) is 11.3. The van der Waals surface area contributed by atoms with Crippen LogP contribution in [-0.2, 0) is 10.0 Å². The Morgan fingerprint density at radius 2 is 2.05 bits per heavy atom. The average molecular weight is 397 g/mol. The monoisotopic (exact) mass is 395 g/mol. The summed E-state index contributed by atoms with van der Waals surface area (Å²) in [5, 5.41) is 10.4. The van der Waals surface area contributed by atoms with E-state index in [0.29, 0.717) is 15.2 Å². The lowest BCUT2D eigenvalue weighted by Gasteiger charge is -2.07. The van der Waals surface area contributed by atoms with E-state index < -0.39 is 16.0 Å². The Kier molecular flexibility index (Phi) is 4.38. The molecule has 0 aliphatic carbocycles. The Bertz CT molecular complexity index is 772. The molecule has 0 radical (unpaired) electrons. The van der Waals surface area contributed by atoms with E-state index in [2.05, 4.69) is 20.7 Å². The highest BCUT2D eigenvalue weighted by Crippen LogP contribution is 2.28. The first-order valence-electron chi connectivity index (χ1n) is 5.09. The summed E-state index contributed by atoms with van der Waals surface area (Å²) in [5.74, 6) is -1.17. The number of nitrogens with one attached hydrogen (secondary N) is 1. The van der Waals surface area contributed by atoms with Crippen LogP contribution in [0.1, 0.15) is 10.4 Å². The first-order valence-corrected chi connectivity index (χ1v) is 8.62. The van der Waals surface area contributed by atoms with Crippen molar-refractivity contribution in [3.63, 3.8) is 0 Å². The molecule has 1 aromatic carbocycles. The van der Waals surface area contributed by atoms with Crippen LogP contribution in [0.5, 0.6) is 0 Å². The number of aromatic carboxylic acids is 1. The summed E-state index contributed by atoms with van der Waals surface area (Å²) in [6.45, 7) is 0. The van der Waals surface area contributed by atoms with Crippen molar-refractivity contribution in [3.05, 3.63) is 44.7 Å². The van der Waals surface area contributed by atoms with Gasteiger partial charge >= 0.3 is 5.97 Å². The van der Waals surface area contributed by atoms with Crippen molar-refractivity contribution in [3.8, 4) is 0 Å². The third-order valence-electron chi connectivity index (χ3n) is 2.26. The van der Waals surface area contributed by atoms with E-state index >= 15 is 0 Å². The predicted molar refractivity (Wildman–Crippen MR) is 81.2 cm³/mol. The average Bonchev–Trinajstić information content (AvgIpc) is 2.84. The number of halogens is 2. The van der Waals surface area contributed by atoms with Gasteiger partial charge in [0.15, 0.2) is 0 Å². The molecule has 2 aromatic rings. The molecule has 1 aromatic heterocycles. The van der Waals surface area contributed by atoms with Gasteiger partial charge in [0.1, 0.15) is 4.21 Å². The Morgan fingerprint density at radius 1 is 1.35 bits per heavy atom. The minimum atomic E-state index is -3.82. The Balaban J connectivity index is 2.30. The van der Waals surface area contributed by atoms with Gasteiger partial charge < -0.3 is 5.11 Å². The fraction of sp³-hybridized carbons (Fsp3) is 0. The zero-order chi connectivity index (χ0) is 14.9. The molecule has 0 amide bonds. The smallest absolute Gasteiger partial charge is 0.336 e. The van der Waals surface area contributed by atoms with Crippen LogP contribution in [0.3, 0.4) is 0 Å². The Morgan fingerprint density at radius 3 is 2.60 bits per heavy atom. The summed E-state index contributed by atoms with van der Waals surface area (Å²) in [7, 11) is -3.82. The van der Waals surface area contributed by atoms with E-state index in [4.69, 9.17) is 16.7 Å². The molecule has 0 unspecified atom stereocenters. The van der Waals surface area contributed by atoms with E-state index in [-0.39, 0.29) is 9.77 Å². The van der Waals surface area contributed by atoms with Gasteiger partial charge in [-0.3, -0.25) is 4.72 Å². The highest BCUT2D eigenvalue weighted by Gasteiger charge is 2.19. The van der Waals surface area contributed by atoms with E-state index in [1.807, 2.05) is 0 Å². The maximum absolute atomic E-state index is 12.1. The second kappa shape index (κ2) is 5.72. The second-order valence-electron chi connectivity index (χ2n) is 3.69. The SMILES string of the molecule is O=C(O)c1csc(S(=O)(=O)Nc2ccc(Br)c(Cl)c2)c1. The van der Waals surface area contributed by atoms with Gasteiger partial charge in [0, 0.05) is 9.85 Å². The highest BCUT2D eigenvalue weighted by atomic mass is 79.9. The number of anilines is 1. The zero-order valence-electron chi connectivity index (χ0n) is 9.63. The quantitative estimate of drug-likeness (QED) is 0.826. The summed E-state index contributed by atoms with van der Waals surface area (Å²) in [5.41, 5.74) is 0.229. The summed E-state index contributed by atoms with van der Waals surface area (Å²) >= 11 is 9.92. The van der Waals surface area contributed by atoms with Crippen LogP contribution >= 0.6 is 38.9 Å². The first kappa shape index (κ1) is 15.3. The number of sulfonamides is 1. The molecular weight excluding hydrogens is 390 g/mol. The van der Waals surface area contributed by atoms with E-state index in [9.17, 15) is 13.2 Å². The van der Waals surface area contributed by atoms with Gasteiger partial charge in [-0.15, -0.1) is 11.3 Å². The molecule has 0 fully saturated rings. The van der Waals surface area contributed by atoms with Crippen molar-refractivity contribution < 1.29 is 18.3 Å². The van der Waals surface area contributed by atoms with E-state index in [1.54, 1.807) is 12.1 Å². The van der Waals surface area contributed by atoms with Crippen LogP contribution in [0.15, 0.2) is 38.3 Å². The van der Waals surface area contributed by atoms with Crippen molar-refractivity contribution in [2.45, 2.75) is 4.21 Å². The van der Waals surface area contributed by atoms with Crippen molar-refractivity contribution in [1.82, 2.24) is 0 Å². The topological polar surface area (TPSA) is 83.5 Å². The van der Waals surface area contributed by atoms with Crippen LogP contribution in [0.25, 0.3) is 0 Å². The second-order valence-corrected chi connectivity index (χ2v) is 7.78. The molecular formula is C11H7BrClNO4S2. The number of carboxylic acid groups (broad SMARTS) is 1. The number of benzene rings is 1. The molecule has 2 N–H and O–H groups in total. The van der Waals surface area contributed by atoms with Gasteiger partial charge in [-0.25, -0.2) is 13.2 Å². The molecule has 0 spiro atoms. The fourth-order valence-corrected chi connectivity index (χ4v) is 3.96. The molecule has 0 aliphatic rings. The largest absolute Gasteiger partial charge is 0.478 e. The maximum atomic E-state index is 12.1. The number of carboxylic acids is 1. The van der Waals surface area contributed by atoms with Gasteiger partial charge in [-0.1, -0.05) is 11.6 Å². The lowest BCUT2D eigenvalue weighted by molar-refractivity contribution is 0.0697. The van der Waals surface area contributed by atoms with Gasteiger partial charge in [0.2, 0.25) is 0 Å². The number of carbonyl (C=O) groups is 1. The highest BCUT2D eigenvalue weighted by molar-refractivity contribution is 9.10. The molecule has 0 aliphatic heterocycles. The molecule has 5 nitrogen and oxygen atoms in total. The Hall–Kier alpha value is -1.09. The number of thiophene rings is 1. The van der Waals surface area contributed by atoms with E-state index in [0.717, 1.165) is 17.4 Å². The molecule has 0 atom stereocenters. The number of hydrogen-bond acceptors (Lipinski definition) is 4. The van der Waals surface area contributed by atoms with Crippen LogP contribution in [-0.4, -0.2) is 19.5 Å². The predicted octanol–water partition coefficient (Wildman–Crippen LogP) is 3.66. The molecule has 0 saturated carbocycles. The third kappa shape index (κ3) is 3.32. The van der Waals surface area contributed by atoms with Crippen LogP contribution in [0, 0.1) is 0 Å². The van der Waals surface area contributed by atoms with Gasteiger partial charge in [-0.05, 0) is 40.2 Å². The molecule has 0 bridgehead atoms. The zero-order valence-corrected chi connectivity index (χ0v) is 13.6. The number of hydrogen-bond donors (Lipinski definition) is 2. The van der Waals surface area contributed by atoms with Crippen molar-refractivity contribution in [2.24, 2.45) is 0 Å². The minimum Gasteiger partial charge on any atom is -0.478 e. The van der Waals surface area contributed by atoms with Crippen LogP contribution < -0.4 is 4.72 Å². The lowest BCUT2D eigenvalue weighted by atomic mass is 10.3. The molecule has 2 rings (SSSR count). The summed E-state index contributed by atoms with van der Waals surface area (Å²) < 4.78 is 27.1. The molecule has 0 saturated heterocycles. The summed E-state index contributed by atoms with van der Waals surface area (Å²) in [6.07, 6.45) is 0. The van der Waals surface area contributed by atoms with Gasteiger partial charge in [0.05, 0.1) is 16.3 Å². The van der Waals surface area contributed by atoms with Crippen LogP contribution in [0.4, 0.5) is 5.69 Å². The standard InChI is InChI=1S/C11H7BrClNO4S2/c12-8-2-1-7(4-9(8)13)14-20(17,18)10-3-6(5-19-10)11(15)16/h1-5,14H,(H,15,16). The molecule has 9 heteroatoms. The van der Waals surface area contributed by atoms with Crippen molar-refractivity contribution >= 4 is 60.5 Å². The minimum absolute atomic E-state index is 0.0655. The Labute approximate surface area is 132 Å².